The number of rotatable bonds is 6. The third-order valence-corrected chi connectivity index (χ3v) is 4.44. The highest BCUT2D eigenvalue weighted by Crippen LogP contribution is 2.24. The molecule has 136 valence electrons. The zero-order valence-corrected chi connectivity index (χ0v) is 15.1. The van der Waals surface area contributed by atoms with E-state index in [9.17, 15) is 9.59 Å². The minimum Gasteiger partial charge on any atom is -0.460 e. The lowest BCUT2D eigenvalue weighted by Gasteiger charge is -2.14. The van der Waals surface area contributed by atoms with Gasteiger partial charge in [-0.15, -0.1) is 0 Å². The summed E-state index contributed by atoms with van der Waals surface area (Å²) < 4.78 is 5.40. The predicted octanol–water partition coefficient (Wildman–Crippen LogP) is 4.35. The maximum atomic E-state index is 12.7. The summed E-state index contributed by atoms with van der Waals surface area (Å²) in [6, 6.07) is 23.5. The number of hydrogen-bond acceptors (Lipinski definition) is 4. The van der Waals surface area contributed by atoms with Gasteiger partial charge in [-0.05, 0) is 30.2 Å². The van der Waals surface area contributed by atoms with Gasteiger partial charge in [-0.1, -0.05) is 66.7 Å². The van der Waals surface area contributed by atoms with Gasteiger partial charge in [-0.2, -0.15) is 0 Å². The number of ketones is 1. The molecule has 0 bridgehead atoms. The van der Waals surface area contributed by atoms with Crippen LogP contribution in [0.5, 0.6) is 0 Å². The molecule has 0 aliphatic heterocycles. The van der Waals surface area contributed by atoms with Crippen molar-refractivity contribution in [1.82, 2.24) is 0 Å². The molecule has 0 amide bonds. The molecule has 3 rings (SSSR count). The molecule has 27 heavy (non-hydrogen) atoms. The van der Waals surface area contributed by atoms with Crippen LogP contribution in [-0.4, -0.2) is 11.8 Å². The van der Waals surface area contributed by atoms with Crippen LogP contribution in [0.2, 0.25) is 0 Å². The van der Waals surface area contributed by atoms with Crippen LogP contribution in [0.25, 0.3) is 0 Å². The van der Waals surface area contributed by atoms with Gasteiger partial charge in [0.15, 0.2) is 5.78 Å². The molecule has 4 nitrogen and oxygen atoms in total. The molecule has 3 aromatic rings. The first-order valence-electron chi connectivity index (χ1n) is 8.76. The van der Waals surface area contributed by atoms with Crippen molar-refractivity contribution < 1.29 is 14.3 Å². The summed E-state index contributed by atoms with van der Waals surface area (Å²) in [6.45, 7) is 1.98. The van der Waals surface area contributed by atoms with E-state index in [0.29, 0.717) is 22.4 Å². The Labute approximate surface area is 158 Å². The first kappa shape index (κ1) is 18.4. The maximum Gasteiger partial charge on any atom is 0.313 e. The number of carbonyl (C=O) groups is 2. The van der Waals surface area contributed by atoms with Gasteiger partial charge in [0.05, 0.1) is 5.92 Å². The summed E-state index contributed by atoms with van der Waals surface area (Å²) in [5.41, 5.74) is 8.96. The largest absolute Gasteiger partial charge is 0.460 e. The molecule has 0 saturated carbocycles. The Morgan fingerprint density at radius 2 is 1.56 bits per heavy atom. The number of nitrogens with two attached hydrogens (primary N) is 1. The molecular formula is C23H21NO3. The van der Waals surface area contributed by atoms with Crippen molar-refractivity contribution in [2.45, 2.75) is 19.4 Å². The Morgan fingerprint density at radius 3 is 2.22 bits per heavy atom. The lowest BCUT2D eigenvalue weighted by atomic mass is 9.94. The van der Waals surface area contributed by atoms with Crippen molar-refractivity contribution in [2.75, 3.05) is 5.73 Å². The van der Waals surface area contributed by atoms with Gasteiger partial charge < -0.3 is 10.5 Å². The fourth-order valence-electron chi connectivity index (χ4n) is 2.77. The highest BCUT2D eigenvalue weighted by atomic mass is 16.5. The Hall–Kier alpha value is -3.40. The Morgan fingerprint density at radius 1 is 0.926 bits per heavy atom. The molecule has 0 aliphatic carbocycles. The van der Waals surface area contributed by atoms with E-state index >= 15 is 0 Å². The van der Waals surface area contributed by atoms with E-state index < -0.39 is 5.92 Å². The zero-order valence-electron chi connectivity index (χ0n) is 15.1. The predicted molar refractivity (Wildman–Crippen MR) is 105 cm³/mol. The summed E-state index contributed by atoms with van der Waals surface area (Å²) >= 11 is 0. The minimum absolute atomic E-state index is 0.167. The van der Waals surface area contributed by atoms with Crippen molar-refractivity contribution >= 4 is 17.4 Å². The van der Waals surface area contributed by atoms with Crippen LogP contribution in [0.3, 0.4) is 0 Å². The number of hydrogen-bond donors (Lipinski definition) is 1. The van der Waals surface area contributed by atoms with Gasteiger partial charge >= 0.3 is 5.97 Å². The van der Waals surface area contributed by atoms with Crippen molar-refractivity contribution in [3.63, 3.8) is 0 Å². The standard InChI is InChI=1S/C23H21NO3/c1-16(23(26)27-15-17-8-4-2-5-9-17)19-12-13-21(24)20(14-19)22(25)18-10-6-3-7-11-18/h2-14,16H,15,24H2,1H3. The maximum absolute atomic E-state index is 12.7. The van der Waals surface area contributed by atoms with Crippen LogP contribution in [-0.2, 0) is 16.1 Å². The average molecular weight is 359 g/mol. The molecule has 0 fully saturated rings. The summed E-state index contributed by atoms with van der Waals surface area (Å²) in [6.07, 6.45) is 0. The first-order chi connectivity index (χ1) is 13.1. The summed E-state index contributed by atoms with van der Waals surface area (Å²) in [5.74, 6) is -1.02. The molecule has 1 atom stereocenters. The molecule has 0 heterocycles. The molecule has 0 aromatic heterocycles. The fraction of sp³-hybridized carbons (Fsp3) is 0.130. The molecular weight excluding hydrogens is 338 g/mol. The SMILES string of the molecule is CC(C(=O)OCc1ccccc1)c1ccc(N)c(C(=O)c2ccccc2)c1. The number of ether oxygens (including phenoxy) is 1. The summed E-state index contributed by atoms with van der Waals surface area (Å²) in [7, 11) is 0. The molecule has 4 heteroatoms. The van der Waals surface area contributed by atoms with E-state index in [1.807, 2.05) is 36.4 Å². The molecule has 0 aliphatic rings. The Bertz CT molecular complexity index is 936. The van der Waals surface area contributed by atoms with Crippen LogP contribution in [0.15, 0.2) is 78.9 Å². The monoisotopic (exact) mass is 359 g/mol. The number of benzene rings is 3. The second-order valence-electron chi connectivity index (χ2n) is 6.36. The van der Waals surface area contributed by atoms with Gasteiger partial charge in [-0.25, -0.2) is 0 Å². The lowest BCUT2D eigenvalue weighted by Crippen LogP contribution is -2.14. The highest BCUT2D eigenvalue weighted by molar-refractivity contribution is 6.12. The van der Waals surface area contributed by atoms with Gasteiger partial charge in [0.25, 0.3) is 0 Å². The highest BCUT2D eigenvalue weighted by Gasteiger charge is 2.20. The van der Waals surface area contributed by atoms with Crippen molar-refractivity contribution in [3.8, 4) is 0 Å². The third-order valence-electron chi connectivity index (χ3n) is 4.44. The minimum atomic E-state index is -0.503. The number of carbonyl (C=O) groups excluding carboxylic acids is 2. The van der Waals surface area contributed by atoms with Gasteiger partial charge in [-0.3, -0.25) is 9.59 Å². The van der Waals surface area contributed by atoms with Crippen LogP contribution >= 0.6 is 0 Å². The molecule has 3 aromatic carbocycles. The van der Waals surface area contributed by atoms with Crippen LogP contribution in [0, 0.1) is 0 Å². The quantitative estimate of drug-likeness (QED) is 0.404. The second-order valence-corrected chi connectivity index (χ2v) is 6.36. The normalized spacial score (nSPS) is 11.6. The smallest absolute Gasteiger partial charge is 0.313 e. The fourth-order valence-corrected chi connectivity index (χ4v) is 2.77. The van der Waals surface area contributed by atoms with E-state index in [1.165, 1.54) is 0 Å². The van der Waals surface area contributed by atoms with Gasteiger partial charge in [0.1, 0.15) is 6.61 Å². The van der Waals surface area contributed by atoms with Crippen LogP contribution in [0.4, 0.5) is 5.69 Å². The van der Waals surface area contributed by atoms with E-state index in [4.69, 9.17) is 10.5 Å². The second kappa shape index (κ2) is 8.32. The van der Waals surface area contributed by atoms with Gasteiger partial charge in [0, 0.05) is 16.8 Å². The lowest BCUT2D eigenvalue weighted by molar-refractivity contribution is -0.146. The topological polar surface area (TPSA) is 69.4 Å². The Kier molecular flexibility index (Phi) is 5.67. The number of anilines is 1. The van der Waals surface area contributed by atoms with Crippen molar-refractivity contribution in [2.24, 2.45) is 0 Å². The molecule has 0 radical (unpaired) electrons. The molecule has 2 N–H and O–H groups in total. The van der Waals surface area contributed by atoms with E-state index in [0.717, 1.165) is 5.56 Å². The molecule has 0 spiro atoms. The zero-order chi connectivity index (χ0) is 19.2. The van der Waals surface area contributed by atoms with Crippen LogP contribution in [0.1, 0.15) is 39.9 Å². The van der Waals surface area contributed by atoms with Crippen molar-refractivity contribution in [3.05, 3.63) is 101 Å². The van der Waals surface area contributed by atoms with Crippen molar-refractivity contribution in [1.29, 1.82) is 0 Å². The van der Waals surface area contributed by atoms with Crippen LogP contribution < -0.4 is 5.73 Å². The number of nitrogen functional groups attached to an aromatic ring is 1. The molecule has 0 saturated heterocycles. The van der Waals surface area contributed by atoms with E-state index in [2.05, 4.69) is 0 Å². The van der Waals surface area contributed by atoms with E-state index in [-0.39, 0.29) is 18.4 Å². The van der Waals surface area contributed by atoms with E-state index in [1.54, 1.807) is 49.4 Å². The molecule has 1 unspecified atom stereocenters. The number of esters is 1. The average Bonchev–Trinajstić information content (AvgIpc) is 2.72. The van der Waals surface area contributed by atoms with Gasteiger partial charge in [0.2, 0.25) is 0 Å². The Balaban J connectivity index is 1.76. The summed E-state index contributed by atoms with van der Waals surface area (Å²) in [5, 5.41) is 0. The third kappa shape index (κ3) is 4.42. The first-order valence-corrected chi connectivity index (χ1v) is 8.76. The summed E-state index contributed by atoms with van der Waals surface area (Å²) in [4.78, 5) is 25.1.